The van der Waals surface area contributed by atoms with Crippen molar-refractivity contribution in [3.63, 3.8) is 0 Å². The number of hydrogen-bond donors (Lipinski definition) is 3. The van der Waals surface area contributed by atoms with Crippen molar-refractivity contribution in [2.75, 3.05) is 0 Å². The molecule has 0 saturated heterocycles. The summed E-state index contributed by atoms with van der Waals surface area (Å²) in [6, 6.07) is 6.35. The number of para-hydroxylation sites is 1. The normalized spacial score (nSPS) is 12.4. The highest BCUT2D eigenvalue weighted by atomic mass is 16.4. The van der Waals surface area contributed by atoms with Crippen LogP contribution in [0.5, 0.6) is 5.75 Å². The molecule has 0 amide bonds. The summed E-state index contributed by atoms with van der Waals surface area (Å²) in [4.78, 5) is 10.2. The average Bonchev–Trinajstić information content (AvgIpc) is 2.15. The van der Waals surface area contributed by atoms with Crippen LogP contribution < -0.4 is 0 Å². The van der Waals surface area contributed by atoms with Gasteiger partial charge in [-0.25, -0.2) is 0 Å². The zero-order valence-corrected chi connectivity index (χ0v) is 7.55. The Hall–Kier alpha value is -1.55. The second-order valence-corrected chi connectivity index (χ2v) is 3.01. The van der Waals surface area contributed by atoms with Crippen molar-refractivity contribution in [1.29, 1.82) is 0 Å². The fraction of sp³-hybridized carbons (Fsp3) is 0.300. The molecule has 0 aliphatic rings. The number of hydrogen-bond acceptors (Lipinski definition) is 3. The maximum atomic E-state index is 10.2. The van der Waals surface area contributed by atoms with Crippen molar-refractivity contribution in [2.45, 2.75) is 18.9 Å². The van der Waals surface area contributed by atoms with Crippen LogP contribution in [0.25, 0.3) is 0 Å². The topological polar surface area (TPSA) is 77.8 Å². The van der Waals surface area contributed by atoms with Gasteiger partial charge in [0.25, 0.3) is 0 Å². The van der Waals surface area contributed by atoms with Crippen molar-refractivity contribution in [3.8, 4) is 5.75 Å². The number of aromatic hydroxyl groups is 1. The largest absolute Gasteiger partial charge is 0.508 e. The van der Waals surface area contributed by atoms with Crippen LogP contribution in [0.4, 0.5) is 0 Å². The molecule has 1 aromatic rings. The molecule has 0 bridgehead atoms. The van der Waals surface area contributed by atoms with Gasteiger partial charge in [0.2, 0.25) is 0 Å². The molecule has 14 heavy (non-hydrogen) atoms. The van der Waals surface area contributed by atoms with Crippen LogP contribution in [-0.4, -0.2) is 21.3 Å². The second kappa shape index (κ2) is 4.62. The summed E-state index contributed by atoms with van der Waals surface area (Å²) in [6.45, 7) is 0. The first-order valence-corrected chi connectivity index (χ1v) is 4.29. The van der Waals surface area contributed by atoms with Crippen LogP contribution in [0.3, 0.4) is 0 Å². The summed E-state index contributed by atoms with van der Waals surface area (Å²) in [5.74, 6) is -0.968. The predicted molar refractivity (Wildman–Crippen MR) is 49.9 cm³/mol. The number of phenolic OH excluding ortho intramolecular Hbond substituents is 1. The standard InChI is InChI=1S/C10H12O4/c11-8-4-2-1-3-7(8)9(12)5-6-10(13)14/h1-4,9,11-12H,5-6H2,(H,13,14)/t9-/m1/s1. The van der Waals surface area contributed by atoms with Gasteiger partial charge in [0.05, 0.1) is 6.10 Å². The summed E-state index contributed by atoms with van der Waals surface area (Å²) in [5.41, 5.74) is 0.369. The molecular weight excluding hydrogens is 184 g/mol. The third-order valence-electron chi connectivity index (χ3n) is 1.93. The molecule has 3 N–H and O–H groups in total. The van der Waals surface area contributed by atoms with Crippen LogP contribution in [0.2, 0.25) is 0 Å². The van der Waals surface area contributed by atoms with Crippen LogP contribution >= 0.6 is 0 Å². The lowest BCUT2D eigenvalue weighted by Crippen LogP contribution is -2.02. The van der Waals surface area contributed by atoms with Gasteiger partial charge >= 0.3 is 5.97 Å². The van der Waals surface area contributed by atoms with Crippen molar-refractivity contribution < 1.29 is 20.1 Å². The number of carbonyl (C=O) groups is 1. The Kier molecular flexibility index (Phi) is 3.48. The maximum absolute atomic E-state index is 10.2. The lowest BCUT2D eigenvalue weighted by Gasteiger charge is -2.10. The quantitative estimate of drug-likeness (QED) is 0.678. The lowest BCUT2D eigenvalue weighted by atomic mass is 10.0. The molecule has 0 spiro atoms. The summed E-state index contributed by atoms with van der Waals surface area (Å²) in [5, 5.41) is 27.3. The molecule has 4 nitrogen and oxygen atoms in total. The molecule has 1 aromatic carbocycles. The molecule has 1 rings (SSSR count). The molecule has 0 radical (unpaired) electrons. The van der Waals surface area contributed by atoms with E-state index in [1.807, 2.05) is 0 Å². The van der Waals surface area contributed by atoms with E-state index in [0.717, 1.165) is 0 Å². The van der Waals surface area contributed by atoms with Crippen molar-refractivity contribution in [2.24, 2.45) is 0 Å². The van der Waals surface area contributed by atoms with E-state index < -0.39 is 12.1 Å². The number of carboxylic acids is 1. The fourth-order valence-electron chi connectivity index (χ4n) is 1.19. The van der Waals surface area contributed by atoms with E-state index in [0.29, 0.717) is 5.56 Å². The Bertz CT molecular complexity index is 322. The smallest absolute Gasteiger partial charge is 0.303 e. The Labute approximate surface area is 81.4 Å². The minimum absolute atomic E-state index is 0.00890. The minimum Gasteiger partial charge on any atom is -0.508 e. The number of rotatable bonds is 4. The van der Waals surface area contributed by atoms with Gasteiger partial charge in [0.1, 0.15) is 5.75 Å². The SMILES string of the molecule is O=C(O)CC[C@@H](O)c1ccccc1O. The molecule has 1 atom stereocenters. The zero-order valence-electron chi connectivity index (χ0n) is 7.55. The van der Waals surface area contributed by atoms with E-state index in [2.05, 4.69) is 0 Å². The molecule has 0 aliphatic carbocycles. The van der Waals surface area contributed by atoms with Gasteiger partial charge in [-0.1, -0.05) is 18.2 Å². The fourth-order valence-corrected chi connectivity index (χ4v) is 1.19. The van der Waals surface area contributed by atoms with E-state index >= 15 is 0 Å². The van der Waals surface area contributed by atoms with Gasteiger partial charge in [-0.2, -0.15) is 0 Å². The number of carboxylic acid groups (broad SMARTS) is 1. The van der Waals surface area contributed by atoms with Crippen LogP contribution in [-0.2, 0) is 4.79 Å². The van der Waals surface area contributed by atoms with Crippen LogP contribution in [0.15, 0.2) is 24.3 Å². The number of phenols is 1. The first kappa shape index (κ1) is 10.5. The molecule has 0 aromatic heterocycles. The molecule has 4 heteroatoms. The van der Waals surface area contributed by atoms with E-state index in [9.17, 15) is 15.0 Å². The summed E-state index contributed by atoms with van der Waals surface area (Å²) in [7, 11) is 0. The lowest BCUT2D eigenvalue weighted by molar-refractivity contribution is -0.137. The number of aliphatic carboxylic acids is 1. The average molecular weight is 196 g/mol. The van der Waals surface area contributed by atoms with Gasteiger partial charge < -0.3 is 15.3 Å². The minimum atomic E-state index is -0.959. The molecule has 76 valence electrons. The highest BCUT2D eigenvalue weighted by Crippen LogP contribution is 2.26. The summed E-state index contributed by atoms with van der Waals surface area (Å²) in [6.07, 6.45) is -0.935. The van der Waals surface area contributed by atoms with Crippen molar-refractivity contribution in [1.82, 2.24) is 0 Å². The van der Waals surface area contributed by atoms with Gasteiger partial charge in [-0.15, -0.1) is 0 Å². The molecule has 0 heterocycles. The highest BCUT2D eigenvalue weighted by Gasteiger charge is 2.12. The Balaban J connectivity index is 2.65. The van der Waals surface area contributed by atoms with Crippen molar-refractivity contribution >= 4 is 5.97 Å². The molecule has 0 aliphatic heterocycles. The maximum Gasteiger partial charge on any atom is 0.303 e. The molecular formula is C10H12O4. The van der Waals surface area contributed by atoms with E-state index in [1.54, 1.807) is 18.2 Å². The van der Waals surface area contributed by atoms with Gasteiger partial charge in [0, 0.05) is 12.0 Å². The molecule has 0 saturated carbocycles. The Morgan fingerprint density at radius 3 is 2.57 bits per heavy atom. The number of benzene rings is 1. The Morgan fingerprint density at radius 1 is 1.36 bits per heavy atom. The zero-order chi connectivity index (χ0) is 10.6. The molecule has 0 fully saturated rings. The number of aliphatic hydroxyl groups excluding tert-OH is 1. The van der Waals surface area contributed by atoms with E-state index in [-0.39, 0.29) is 18.6 Å². The van der Waals surface area contributed by atoms with Gasteiger partial charge in [0.15, 0.2) is 0 Å². The van der Waals surface area contributed by atoms with E-state index in [1.165, 1.54) is 6.07 Å². The summed E-state index contributed by atoms with van der Waals surface area (Å²) < 4.78 is 0. The van der Waals surface area contributed by atoms with Crippen molar-refractivity contribution in [3.05, 3.63) is 29.8 Å². The van der Waals surface area contributed by atoms with Gasteiger partial charge in [-0.3, -0.25) is 4.79 Å². The third kappa shape index (κ3) is 2.74. The monoisotopic (exact) mass is 196 g/mol. The Morgan fingerprint density at radius 2 is 2.00 bits per heavy atom. The van der Waals surface area contributed by atoms with Crippen LogP contribution in [0.1, 0.15) is 24.5 Å². The van der Waals surface area contributed by atoms with Crippen LogP contribution in [0, 0.1) is 0 Å². The molecule has 0 unspecified atom stereocenters. The second-order valence-electron chi connectivity index (χ2n) is 3.01. The third-order valence-corrected chi connectivity index (χ3v) is 1.93. The predicted octanol–water partition coefficient (Wildman–Crippen LogP) is 1.29. The van der Waals surface area contributed by atoms with Gasteiger partial charge in [-0.05, 0) is 12.5 Å². The van der Waals surface area contributed by atoms with E-state index in [4.69, 9.17) is 5.11 Å². The number of aliphatic hydroxyl groups is 1. The summed E-state index contributed by atoms with van der Waals surface area (Å²) >= 11 is 0. The first-order valence-electron chi connectivity index (χ1n) is 4.29. The first-order chi connectivity index (χ1) is 6.61. The highest BCUT2D eigenvalue weighted by molar-refractivity contribution is 5.66.